The van der Waals surface area contributed by atoms with Crippen LogP contribution in [0, 0.1) is 0 Å². The zero-order valence-corrected chi connectivity index (χ0v) is 10.7. The molecule has 0 aliphatic rings. The molecule has 5 heteroatoms. The van der Waals surface area contributed by atoms with Gasteiger partial charge in [0.05, 0.1) is 5.69 Å². The third-order valence-electron chi connectivity index (χ3n) is 2.67. The van der Waals surface area contributed by atoms with Crippen LogP contribution in [-0.2, 0) is 11.2 Å². The maximum Gasteiger partial charge on any atom is 0.426 e. The van der Waals surface area contributed by atoms with E-state index in [2.05, 4.69) is 0 Å². The predicted octanol–water partition coefficient (Wildman–Crippen LogP) is 1.71. The van der Waals surface area contributed by atoms with E-state index >= 15 is 0 Å². The SMILES string of the molecule is CCOCC(=O)n1c(Cc2ccccc2)coc1=O. The van der Waals surface area contributed by atoms with E-state index in [1.807, 2.05) is 30.3 Å². The van der Waals surface area contributed by atoms with Crippen molar-refractivity contribution in [2.45, 2.75) is 13.3 Å². The van der Waals surface area contributed by atoms with Gasteiger partial charge in [0, 0.05) is 13.0 Å². The Morgan fingerprint density at radius 1 is 1.32 bits per heavy atom. The molecule has 0 aliphatic heterocycles. The molecule has 2 aromatic rings. The summed E-state index contributed by atoms with van der Waals surface area (Å²) in [5.41, 5.74) is 1.53. The first-order valence-corrected chi connectivity index (χ1v) is 6.06. The number of benzene rings is 1. The van der Waals surface area contributed by atoms with Gasteiger partial charge >= 0.3 is 5.76 Å². The molecule has 0 bridgehead atoms. The lowest BCUT2D eigenvalue weighted by molar-refractivity contribution is 0.0687. The smallest absolute Gasteiger partial charge is 0.416 e. The fourth-order valence-electron chi connectivity index (χ4n) is 1.78. The highest BCUT2D eigenvalue weighted by Crippen LogP contribution is 2.08. The molecule has 2 rings (SSSR count). The van der Waals surface area contributed by atoms with Crippen LogP contribution in [-0.4, -0.2) is 23.7 Å². The zero-order valence-electron chi connectivity index (χ0n) is 10.7. The number of carbonyl (C=O) groups excluding carboxylic acids is 1. The average molecular weight is 261 g/mol. The number of ether oxygens (including phenoxy) is 1. The fourth-order valence-corrected chi connectivity index (χ4v) is 1.78. The van der Waals surface area contributed by atoms with E-state index in [-0.39, 0.29) is 6.61 Å². The molecule has 0 amide bonds. The molecular formula is C14H15NO4. The first-order chi connectivity index (χ1) is 9.22. The summed E-state index contributed by atoms with van der Waals surface area (Å²) < 4.78 is 10.9. The molecule has 0 fully saturated rings. The van der Waals surface area contributed by atoms with Gasteiger partial charge in [-0.2, -0.15) is 0 Å². The number of aromatic nitrogens is 1. The van der Waals surface area contributed by atoms with E-state index in [0.717, 1.165) is 10.1 Å². The second-order valence-corrected chi connectivity index (χ2v) is 4.02. The van der Waals surface area contributed by atoms with Gasteiger partial charge in [-0.3, -0.25) is 4.79 Å². The monoisotopic (exact) mass is 261 g/mol. The molecule has 0 saturated carbocycles. The summed E-state index contributed by atoms with van der Waals surface area (Å²) in [6, 6.07) is 9.57. The van der Waals surface area contributed by atoms with Gasteiger partial charge < -0.3 is 9.15 Å². The van der Waals surface area contributed by atoms with Gasteiger partial charge in [0.15, 0.2) is 0 Å². The first kappa shape index (κ1) is 13.3. The molecule has 1 aromatic heterocycles. The van der Waals surface area contributed by atoms with Crippen LogP contribution in [0.2, 0.25) is 0 Å². The van der Waals surface area contributed by atoms with Crippen LogP contribution >= 0.6 is 0 Å². The Hall–Kier alpha value is -2.14. The molecule has 0 saturated heterocycles. The molecular weight excluding hydrogens is 246 g/mol. The largest absolute Gasteiger partial charge is 0.426 e. The van der Waals surface area contributed by atoms with Crippen molar-refractivity contribution in [2.24, 2.45) is 0 Å². The quantitative estimate of drug-likeness (QED) is 0.822. The molecule has 0 N–H and O–H groups in total. The van der Waals surface area contributed by atoms with Crippen molar-refractivity contribution >= 4 is 5.91 Å². The van der Waals surface area contributed by atoms with E-state index in [4.69, 9.17) is 9.15 Å². The van der Waals surface area contributed by atoms with Gasteiger partial charge in [0.25, 0.3) is 5.91 Å². The Kier molecular flexibility index (Phi) is 4.30. The Bertz CT molecular complexity index is 597. The topological polar surface area (TPSA) is 61.4 Å². The number of hydrogen-bond acceptors (Lipinski definition) is 4. The summed E-state index contributed by atoms with van der Waals surface area (Å²) in [6.07, 6.45) is 1.78. The lowest BCUT2D eigenvalue weighted by Crippen LogP contribution is -2.28. The van der Waals surface area contributed by atoms with Gasteiger partial charge in [0.1, 0.15) is 12.9 Å². The van der Waals surface area contributed by atoms with E-state index < -0.39 is 11.7 Å². The van der Waals surface area contributed by atoms with E-state index in [9.17, 15) is 9.59 Å². The summed E-state index contributed by atoms with van der Waals surface area (Å²) in [7, 11) is 0. The lowest BCUT2D eigenvalue weighted by Gasteiger charge is -2.05. The average Bonchev–Trinajstić information content (AvgIpc) is 2.78. The maximum absolute atomic E-state index is 11.9. The van der Waals surface area contributed by atoms with E-state index in [1.165, 1.54) is 6.26 Å². The van der Waals surface area contributed by atoms with Crippen LogP contribution in [0.3, 0.4) is 0 Å². The van der Waals surface area contributed by atoms with E-state index in [0.29, 0.717) is 18.7 Å². The van der Waals surface area contributed by atoms with Crippen LogP contribution in [0.4, 0.5) is 0 Å². The molecule has 5 nitrogen and oxygen atoms in total. The molecule has 0 aliphatic carbocycles. The fraction of sp³-hybridized carbons (Fsp3) is 0.286. The molecule has 0 spiro atoms. The third-order valence-corrected chi connectivity index (χ3v) is 2.67. The van der Waals surface area contributed by atoms with Crippen molar-refractivity contribution in [3.05, 3.63) is 58.4 Å². The minimum Gasteiger partial charge on any atom is -0.416 e. The number of oxazole rings is 1. The van der Waals surface area contributed by atoms with E-state index in [1.54, 1.807) is 6.92 Å². The van der Waals surface area contributed by atoms with Gasteiger partial charge in [-0.1, -0.05) is 30.3 Å². The first-order valence-electron chi connectivity index (χ1n) is 6.06. The minimum absolute atomic E-state index is 0.127. The molecule has 0 atom stereocenters. The predicted molar refractivity (Wildman–Crippen MR) is 69.3 cm³/mol. The van der Waals surface area contributed by atoms with Gasteiger partial charge in [0.2, 0.25) is 0 Å². The van der Waals surface area contributed by atoms with Crippen molar-refractivity contribution in [2.75, 3.05) is 13.2 Å². The van der Waals surface area contributed by atoms with Crippen molar-refractivity contribution in [3.63, 3.8) is 0 Å². The summed E-state index contributed by atoms with van der Waals surface area (Å²) >= 11 is 0. The Morgan fingerprint density at radius 3 is 2.74 bits per heavy atom. The third kappa shape index (κ3) is 3.20. The van der Waals surface area contributed by atoms with Crippen LogP contribution in [0.25, 0.3) is 0 Å². The Morgan fingerprint density at radius 2 is 2.05 bits per heavy atom. The number of hydrogen-bond donors (Lipinski definition) is 0. The second-order valence-electron chi connectivity index (χ2n) is 4.02. The molecule has 0 unspecified atom stereocenters. The molecule has 1 aromatic carbocycles. The Labute approximate surface area is 110 Å². The van der Waals surface area contributed by atoms with Gasteiger partial charge in [-0.15, -0.1) is 0 Å². The minimum atomic E-state index is -0.671. The van der Waals surface area contributed by atoms with Crippen LogP contribution in [0.1, 0.15) is 23.0 Å². The maximum atomic E-state index is 11.9. The highest BCUT2D eigenvalue weighted by atomic mass is 16.5. The summed E-state index contributed by atoms with van der Waals surface area (Å²) in [5.74, 6) is -1.08. The standard InChI is InChI=1S/C14H15NO4/c1-2-18-10-13(16)15-12(9-19-14(15)17)8-11-6-4-3-5-7-11/h3-7,9H,2,8,10H2,1H3. The molecule has 19 heavy (non-hydrogen) atoms. The second kappa shape index (κ2) is 6.15. The highest BCUT2D eigenvalue weighted by molar-refractivity contribution is 5.80. The lowest BCUT2D eigenvalue weighted by atomic mass is 10.1. The number of carbonyl (C=O) groups is 1. The highest BCUT2D eigenvalue weighted by Gasteiger charge is 2.15. The molecule has 1 heterocycles. The summed E-state index contributed by atoms with van der Waals surface area (Å²) in [4.78, 5) is 23.4. The van der Waals surface area contributed by atoms with Crippen molar-refractivity contribution in [1.29, 1.82) is 0 Å². The summed E-state index contributed by atoms with van der Waals surface area (Å²) in [5, 5.41) is 0. The summed E-state index contributed by atoms with van der Waals surface area (Å²) in [6.45, 7) is 2.08. The number of nitrogens with zero attached hydrogens (tertiary/aromatic N) is 1. The zero-order chi connectivity index (χ0) is 13.7. The van der Waals surface area contributed by atoms with Crippen molar-refractivity contribution in [3.8, 4) is 0 Å². The Balaban J connectivity index is 2.23. The van der Waals surface area contributed by atoms with Crippen LogP contribution in [0.15, 0.2) is 45.8 Å². The molecule has 100 valence electrons. The number of rotatable bonds is 5. The van der Waals surface area contributed by atoms with Gasteiger partial charge in [-0.25, -0.2) is 9.36 Å². The van der Waals surface area contributed by atoms with Crippen LogP contribution in [0.5, 0.6) is 0 Å². The van der Waals surface area contributed by atoms with Crippen LogP contribution < -0.4 is 5.76 Å². The normalized spacial score (nSPS) is 10.6. The molecule has 0 radical (unpaired) electrons. The van der Waals surface area contributed by atoms with Crippen molar-refractivity contribution in [1.82, 2.24) is 4.57 Å². The van der Waals surface area contributed by atoms with Crippen molar-refractivity contribution < 1.29 is 13.9 Å². The van der Waals surface area contributed by atoms with Gasteiger partial charge in [-0.05, 0) is 12.5 Å².